The van der Waals surface area contributed by atoms with E-state index in [1.807, 2.05) is 15.9 Å². The molecule has 6 nitrogen and oxygen atoms in total. The molecule has 0 aromatic carbocycles. The number of aromatic amines is 1. The number of H-pyrrole nitrogens is 1. The molecule has 6 heterocycles. The van der Waals surface area contributed by atoms with E-state index in [1.54, 1.807) is 11.2 Å². The number of aromatic nitrogens is 4. The van der Waals surface area contributed by atoms with E-state index in [9.17, 15) is 0 Å². The summed E-state index contributed by atoms with van der Waals surface area (Å²) in [4.78, 5) is 11.1. The summed E-state index contributed by atoms with van der Waals surface area (Å²) in [5, 5.41) is 9.55. The van der Waals surface area contributed by atoms with Gasteiger partial charge >= 0.3 is 0 Å². The molecule has 2 aliphatic rings. The molecule has 0 aliphatic carbocycles. The molecule has 0 amide bonds. The first-order valence-electron chi connectivity index (χ1n) is 11.3. The molecule has 2 fully saturated rings. The summed E-state index contributed by atoms with van der Waals surface area (Å²) in [5.41, 5.74) is 7.35. The van der Waals surface area contributed by atoms with Crippen molar-refractivity contribution in [1.82, 2.24) is 24.9 Å². The number of fused-ring (bicyclic) bond motifs is 4. The summed E-state index contributed by atoms with van der Waals surface area (Å²) in [6.07, 6.45) is 6.07. The van der Waals surface area contributed by atoms with Crippen LogP contribution in [0.2, 0.25) is 0 Å². The fraction of sp³-hybridized carbons (Fsp3) is 0.500. The van der Waals surface area contributed by atoms with Gasteiger partial charge in [0.1, 0.15) is 11.2 Å². The summed E-state index contributed by atoms with van der Waals surface area (Å²) >= 11 is 1.97. The van der Waals surface area contributed by atoms with Gasteiger partial charge in [0.25, 0.3) is 0 Å². The second-order valence-corrected chi connectivity index (χ2v) is 10.6. The number of nitrogens with zero attached hydrogens (tertiary/aromatic N) is 3. The monoisotopic (exact) mass is 435 g/mol. The maximum atomic E-state index is 5.77. The molecule has 2 aliphatic heterocycles. The first-order valence-corrected chi connectivity index (χ1v) is 12.1. The van der Waals surface area contributed by atoms with Crippen molar-refractivity contribution in [3.63, 3.8) is 0 Å². The predicted octanol–water partition coefficient (Wildman–Crippen LogP) is 4.91. The highest BCUT2D eigenvalue weighted by molar-refractivity contribution is 7.19. The number of ether oxygens (including phenoxy) is 1. The lowest BCUT2D eigenvalue weighted by Crippen LogP contribution is -2.53. The van der Waals surface area contributed by atoms with Crippen molar-refractivity contribution in [1.29, 1.82) is 0 Å². The number of thiophene rings is 1. The SMILES string of the molecule is Cc1c(C2CC3COCC(C2)N3)sc2[nH]c(-c3cc(C)c4ncnn4c3)c(C(C)C)c12. The van der Waals surface area contributed by atoms with Crippen LogP contribution in [0.3, 0.4) is 0 Å². The minimum atomic E-state index is 0.428. The molecule has 2 unspecified atom stereocenters. The van der Waals surface area contributed by atoms with Crippen LogP contribution in [0.1, 0.15) is 60.1 Å². The van der Waals surface area contributed by atoms with Gasteiger partial charge in [0.15, 0.2) is 5.65 Å². The molecule has 4 aromatic heterocycles. The zero-order valence-corrected chi connectivity index (χ0v) is 19.3. The zero-order chi connectivity index (χ0) is 21.3. The third-order valence-corrected chi connectivity index (χ3v) is 8.37. The average Bonchev–Trinajstić information content (AvgIpc) is 3.42. The molecule has 31 heavy (non-hydrogen) atoms. The molecule has 0 spiro atoms. The van der Waals surface area contributed by atoms with Crippen molar-refractivity contribution < 1.29 is 4.74 Å². The third-order valence-electron chi connectivity index (χ3n) is 7.00. The zero-order valence-electron chi connectivity index (χ0n) is 18.5. The van der Waals surface area contributed by atoms with Crippen LogP contribution in [0.15, 0.2) is 18.6 Å². The highest BCUT2D eigenvalue weighted by Crippen LogP contribution is 2.46. The predicted molar refractivity (Wildman–Crippen MR) is 125 cm³/mol. The van der Waals surface area contributed by atoms with E-state index in [4.69, 9.17) is 4.74 Å². The fourth-order valence-corrected chi connectivity index (χ4v) is 7.08. The molecule has 2 saturated heterocycles. The Morgan fingerprint density at radius 1 is 1.19 bits per heavy atom. The molecule has 0 radical (unpaired) electrons. The Bertz CT molecular complexity index is 1270. The fourth-order valence-electron chi connectivity index (χ4n) is 5.73. The van der Waals surface area contributed by atoms with E-state index in [0.717, 1.165) is 24.4 Å². The number of morpholine rings is 1. The molecule has 2 bridgehead atoms. The van der Waals surface area contributed by atoms with E-state index in [2.05, 4.69) is 60.3 Å². The molecule has 6 rings (SSSR count). The van der Waals surface area contributed by atoms with Gasteiger partial charge in [-0.15, -0.1) is 11.3 Å². The van der Waals surface area contributed by atoms with Gasteiger partial charge in [-0.05, 0) is 61.3 Å². The minimum Gasteiger partial charge on any atom is -0.378 e. The Balaban J connectivity index is 1.47. The van der Waals surface area contributed by atoms with Crippen LogP contribution >= 0.6 is 11.3 Å². The maximum absolute atomic E-state index is 5.77. The van der Waals surface area contributed by atoms with Crippen molar-refractivity contribution >= 4 is 27.2 Å². The summed E-state index contributed by atoms with van der Waals surface area (Å²) in [7, 11) is 0. The van der Waals surface area contributed by atoms with Crippen LogP contribution in [0.5, 0.6) is 0 Å². The highest BCUT2D eigenvalue weighted by Gasteiger charge is 2.35. The number of hydrogen-bond acceptors (Lipinski definition) is 5. The number of pyridine rings is 1. The van der Waals surface area contributed by atoms with E-state index in [0.29, 0.717) is 23.9 Å². The quantitative estimate of drug-likeness (QED) is 0.480. The molecule has 7 heteroatoms. The molecule has 4 aromatic rings. The van der Waals surface area contributed by atoms with Crippen molar-refractivity contribution in [2.24, 2.45) is 0 Å². The Labute approximate surface area is 186 Å². The lowest BCUT2D eigenvalue weighted by Gasteiger charge is -2.40. The number of hydrogen-bond donors (Lipinski definition) is 2. The third kappa shape index (κ3) is 3.05. The second kappa shape index (κ2) is 7.15. The number of aryl methyl sites for hydroxylation is 2. The van der Waals surface area contributed by atoms with Crippen molar-refractivity contribution in [3.8, 4) is 11.3 Å². The summed E-state index contributed by atoms with van der Waals surface area (Å²) in [6.45, 7) is 10.7. The number of nitrogens with one attached hydrogen (secondary N) is 2. The van der Waals surface area contributed by atoms with E-state index in [-0.39, 0.29) is 0 Å². The van der Waals surface area contributed by atoms with Crippen LogP contribution in [-0.2, 0) is 4.74 Å². The highest BCUT2D eigenvalue weighted by atomic mass is 32.1. The van der Waals surface area contributed by atoms with Crippen molar-refractivity contribution in [2.75, 3.05) is 13.2 Å². The Morgan fingerprint density at radius 2 is 1.97 bits per heavy atom. The molecular weight excluding hydrogens is 406 g/mol. The number of rotatable bonds is 3. The van der Waals surface area contributed by atoms with Gasteiger partial charge < -0.3 is 15.0 Å². The Kier molecular flexibility index (Phi) is 4.49. The molecule has 2 N–H and O–H groups in total. The normalized spacial score (nSPS) is 24.0. The lowest BCUT2D eigenvalue weighted by atomic mass is 9.84. The van der Waals surface area contributed by atoms with Crippen LogP contribution in [0, 0.1) is 13.8 Å². The Hall–Kier alpha value is -2.22. The molecule has 0 saturated carbocycles. The standard InChI is InChI=1S/C24H29N5OS/c1-12(2)19-20-14(4)22(15-6-17-9-30-10-18(7-15)27-17)31-24(20)28-21(19)16-5-13(3)23-25-11-26-29(23)8-16/h5,8,11-12,15,17-18,27-28H,6-7,9-10H2,1-4H3. The van der Waals surface area contributed by atoms with E-state index >= 15 is 0 Å². The van der Waals surface area contributed by atoms with Crippen LogP contribution in [-0.4, -0.2) is 44.9 Å². The summed E-state index contributed by atoms with van der Waals surface area (Å²) in [5.74, 6) is 1.06. The average molecular weight is 436 g/mol. The summed E-state index contributed by atoms with van der Waals surface area (Å²) < 4.78 is 7.65. The maximum Gasteiger partial charge on any atom is 0.158 e. The van der Waals surface area contributed by atoms with Crippen LogP contribution in [0.25, 0.3) is 27.1 Å². The minimum absolute atomic E-state index is 0.428. The van der Waals surface area contributed by atoms with E-state index < -0.39 is 0 Å². The molecular formula is C24H29N5OS. The van der Waals surface area contributed by atoms with Gasteiger partial charge in [-0.1, -0.05) is 13.8 Å². The van der Waals surface area contributed by atoms with Gasteiger partial charge in [0.2, 0.25) is 0 Å². The van der Waals surface area contributed by atoms with Crippen LogP contribution in [0.4, 0.5) is 0 Å². The van der Waals surface area contributed by atoms with Gasteiger partial charge in [0.05, 0.1) is 18.9 Å². The Morgan fingerprint density at radius 3 is 2.71 bits per heavy atom. The van der Waals surface area contributed by atoms with Gasteiger partial charge in [0, 0.05) is 34.1 Å². The molecule has 162 valence electrons. The number of piperidine rings is 1. The van der Waals surface area contributed by atoms with Gasteiger partial charge in [-0.2, -0.15) is 5.10 Å². The van der Waals surface area contributed by atoms with E-state index in [1.165, 1.54) is 45.4 Å². The first-order chi connectivity index (χ1) is 15.0. The molecule has 2 atom stereocenters. The van der Waals surface area contributed by atoms with Crippen molar-refractivity contribution in [2.45, 2.75) is 64.5 Å². The summed E-state index contributed by atoms with van der Waals surface area (Å²) in [6, 6.07) is 3.22. The first kappa shape index (κ1) is 19.5. The van der Waals surface area contributed by atoms with Crippen LogP contribution < -0.4 is 5.32 Å². The van der Waals surface area contributed by atoms with Gasteiger partial charge in [-0.25, -0.2) is 9.50 Å². The largest absolute Gasteiger partial charge is 0.378 e. The van der Waals surface area contributed by atoms with Gasteiger partial charge in [-0.3, -0.25) is 0 Å². The second-order valence-electron chi connectivity index (χ2n) is 9.57. The topological polar surface area (TPSA) is 67.2 Å². The lowest BCUT2D eigenvalue weighted by molar-refractivity contribution is 0.0183. The smallest absolute Gasteiger partial charge is 0.158 e. The van der Waals surface area contributed by atoms with Crippen molar-refractivity contribution in [3.05, 3.63) is 40.2 Å².